The van der Waals surface area contributed by atoms with Crippen LogP contribution in [0, 0.1) is 13.8 Å². The van der Waals surface area contributed by atoms with Crippen LogP contribution in [-0.2, 0) is 21.3 Å². The number of hydrogen-bond donors (Lipinski definition) is 1. The summed E-state index contributed by atoms with van der Waals surface area (Å²) in [5.74, 6) is 0.972. The number of sulfonamides is 1. The second-order valence-corrected chi connectivity index (χ2v) is 6.61. The summed E-state index contributed by atoms with van der Waals surface area (Å²) in [6, 6.07) is 0. The van der Waals surface area contributed by atoms with Crippen molar-refractivity contribution >= 4 is 10.0 Å². The number of furan rings is 1. The molecule has 0 amide bonds. The van der Waals surface area contributed by atoms with E-state index in [1.54, 1.807) is 21.0 Å². The average molecular weight is 288 g/mol. The standard InChI is InChI=1S/C12H20N2O4S/c1-8-11(6-13)12(9(2)18-8)19(15,16)14-5-4-10(7-14)17-3/h10H,4-7,13H2,1-3H3. The molecule has 0 bridgehead atoms. The fourth-order valence-electron chi connectivity index (χ4n) is 2.52. The van der Waals surface area contributed by atoms with Gasteiger partial charge in [-0.3, -0.25) is 0 Å². The highest BCUT2D eigenvalue weighted by Crippen LogP contribution is 2.30. The van der Waals surface area contributed by atoms with E-state index in [0.717, 1.165) is 0 Å². The summed E-state index contributed by atoms with van der Waals surface area (Å²) in [7, 11) is -1.96. The molecule has 0 aliphatic carbocycles. The summed E-state index contributed by atoms with van der Waals surface area (Å²) >= 11 is 0. The molecule has 2 rings (SSSR count). The average Bonchev–Trinajstić information content (AvgIpc) is 2.93. The quantitative estimate of drug-likeness (QED) is 0.884. The zero-order chi connectivity index (χ0) is 14.2. The van der Waals surface area contributed by atoms with E-state index in [4.69, 9.17) is 14.9 Å². The fraction of sp³-hybridized carbons (Fsp3) is 0.667. The van der Waals surface area contributed by atoms with Gasteiger partial charge in [0.05, 0.1) is 6.10 Å². The molecule has 0 spiro atoms. The van der Waals surface area contributed by atoms with Gasteiger partial charge in [-0.25, -0.2) is 8.42 Å². The van der Waals surface area contributed by atoms with E-state index in [1.807, 2.05) is 0 Å². The highest BCUT2D eigenvalue weighted by atomic mass is 32.2. The van der Waals surface area contributed by atoms with Crippen molar-refractivity contribution in [1.29, 1.82) is 0 Å². The topological polar surface area (TPSA) is 85.8 Å². The highest BCUT2D eigenvalue weighted by molar-refractivity contribution is 7.89. The van der Waals surface area contributed by atoms with Crippen LogP contribution in [0.1, 0.15) is 23.5 Å². The van der Waals surface area contributed by atoms with Crippen molar-refractivity contribution in [3.63, 3.8) is 0 Å². The van der Waals surface area contributed by atoms with Gasteiger partial charge in [0.1, 0.15) is 16.4 Å². The van der Waals surface area contributed by atoms with Gasteiger partial charge in [-0.15, -0.1) is 0 Å². The first-order valence-corrected chi connectivity index (χ1v) is 7.67. The number of methoxy groups -OCH3 is 1. The molecule has 6 nitrogen and oxygen atoms in total. The summed E-state index contributed by atoms with van der Waals surface area (Å²) in [4.78, 5) is 0.226. The van der Waals surface area contributed by atoms with Crippen molar-refractivity contribution in [3.8, 4) is 0 Å². The molecule has 7 heteroatoms. The first-order chi connectivity index (χ1) is 8.91. The normalized spacial score (nSPS) is 21.2. The van der Waals surface area contributed by atoms with Gasteiger partial charge in [0.25, 0.3) is 0 Å². The minimum Gasteiger partial charge on any atom is -0.465 e. The Morgan fingerprint density at radius 2 is 2.11 bits per heavy atom. The Labute approximate surface area is 113 Å². The zero-order valence-electron chi connectivity index (χ0n) is 11.5. The molecule has 1 aliphatic rings. The Hall–Kier alpha value is -0.890. The minimum atomic E-state index is -3.55. The first-order valence-electron chi connectivity index (χ1n) is 6.23. The summed E-state index contributed by atoms with van der Waals surface area (Å²) in [5, 5.41) is 0. The molecule has 1 saturated heterocycles. The second kappa shape index (κ2) is 5.24. The van der Waals surface area contributed by atoms with Crippen LogP contribution in [-0.4, -0.2) is 39.0 Å². The van der Waals surface area contributed by atoms with Gasteiger partial charge in [0.2, 0.25) is 10.0 Å². The molecular weight excluding hydrogens is 268 g/mol. The van der Waals surface area contributed by atoms with E-state index in [9.17, 15) is 8.42 Å². The third kappa shape index (κ3) is 2.43. The minimum absolute atomic E-state index is 0.0376. The molecule has 1 atom stereocenters. The number of nitrogens with two attached hydrogens (primary N) is 1. The van der Waals surface area contributed by atoms with Crippen molar-refractivity contribution in [2.75, 3.05) is 20.2 Å². The number of rotatable bonds is 4. The first kappa shape index (κ1) is 14.5. The molecule has 108 valence electrons. The Kier molecular flexibility index (Phi) is 4.00. The third-order valence-corrected chi connectivity index (χ3v) is 5.63. The number of ether oxygens (including phenoxy) is 1. The third-order valence-electron chi connectivity index (χ3n) is 3.57. The molecule has 1 fully saturated rings. The molecule has 2 heterocycles. The van der Waals surface area contributed by atoms with Crippen molar-refractivity contribution in [3.05, 3.63) is 17.1 Å². The summed E-state index contributed by atoms with van der Waals surface area (Å²) < 4.78 is 37.4. The molecule has 1 aromatic rings. The number of hydrogen-bond acceptors (Lipinski definition) is 5. The maximum absolute atomic E-state index is 12.7. The van der Waals surface area contributed by atoms with Crippen molar-refractivity contribution < 1.29 is 17.6 Å². The van der Waals surface area contributed by atoms with E-state index in [0.29, 0.717) is 36.6 Å². The monoisotopic (exact) mass is 288 g/mol. The number of nitrogens with zero attached hydrogens (tertiary/aromatic N) is 1. The van der Waals surface area contributed by atoms with Crippen molar-refractivity contribution in [2.24, 2.45) is 5.73 Å². The summed E-state index contributed by atoms with van der Waals surface area (Å²) in [5.41, 5.74) is 6.21. The van der Waals surface area contributed by atoms with Crippen LogP contribution in [0.15, 0.2) is 9.31 Å². The molecule has 1 unspecified atom stereocenters. The van der Waals surface area contributed by atoms with Crippen LogP contribution in [0.25, 0.3) is 0 Å². The lowest BCUT2D eigenvalue weighted by atomic mass is 10.2. The van der Waals surface area contributed by atoms with Crippen LogP contribution in [0.3, 0.4) is 0 Å². The van der Waals surface area contributed by atoms with Gasteiger partial charge in [0.15, 0.2) is 0 Å². The molecule has 1 aromatic heterocycles. The maximum atomic E-state index is 12.7. The van der Waals surface area contributed by atoms with Gasteiger partial charge in [-0.1, -0.05) is 0 Å². The maximum Gasteiger partial charge on any atom is 0.246 e. The second-order valence-electron chi connectivity index (χ2n) is 4.74. The van der Waals surface area contributed by atoms with Crippen molar-refractivity contribution in [2.45, 2.75) is 37.8 Å². The van der Waals surface area contributed by atoms with Gasteiger partial charge in [-0.05, 0) is 20.3 Å². The predicted octanol–water partition coefficient (Wildman–Crippen LogP) is 0.765. The molecule has 0 saturated carbocycles. The molecule has 19 heavy (non-hydrogen) atoms. The fourth-order valence-corrected chi connectivity index (χ4v) is 4.43. The van der Waals surface area contributed by atoms with Crippen LogP contribution in [0.4, 0.5) is 0 Å². The van der Waals surface area contributed by atoms with Gasteiger partial charge in [-0.2, -0.15) is 4.31 Å². The predicted molar refractivity (Wildman–Crippen MR) is 70.2 cm³/mol. The van der Waals surface area contributed by atoms with Crippen LogP contribution in [0.2, 0.25) is 0 Å². The molecule has 0 aromatic carbocycles. The molecule has 1 aliphatic heterocycles. The van der Waals surface area contributed by atoms with E-state index in [-0.39, 0.29) is 17.5 Å². The number of aryl methyl sites for hydroxylation is 2. The lowest BCUT2D eigenvalue weighted by molar-refractivity contribution is 0.115. The Balaban J connectivity index is 2.41. The van der Waals surface area contributed by atoms with Crippen LogP contribution < -0.4 is 5.73 Å². The lowest BCUT2D eigenvalue weighted by Gasteiger charge is -2.16. The van der Waals surface area contributed by atoms with Crippen LogP contribution >= 0.6 is 0 Å². The largest absolute Gasteiger partial charge is 0.465 e. The van der Waals surface area contributed by atoms with Crippen LogP contribution in [0.5, 0.6) is 0 Å². The lowest BCUT2D eigenvalue weighted by Crippen LogP contribution is -2.31. The van der Waals surface area contributed by atoms with Gasteiger partial charge < -0.3 is 14.9 Å². The van der Waals surface area contributed by atoms with Gasteiger partial charge in [0, 0.05) is 32.3 Å². The van der Waals surface area contributed by atoms with E-state index < -0.39 is 10.0 Å². The van der Waals surface area contributed by atoms with E-state index in [1.165, 1.54) is 4.31 Å². The zero-order valence-corrected chi connectivity index (χ0v) is 12.3. The smallest absolute Gasteiger partial charge is 0.246 e. The molecule has 2 N–H and O–H groups in total. The van der Waals surface area contributed by atoms with Crippen molar-refractivity contribution in [1.82, 2.24) is 4.31 Å². The Morgan fingerprint density at radius 3 is 2.63 bits per heavy atom. The van der Waals surface area contributed by atoms with Gasteiger partial charge >= 0.3 is 0 Å². The van der Waals surface area contributed by atoms with E-state index in [2.05, 4.69) is 0 Å². The van der Waals surface area contributed by atoms with E-state index >= 15 is 0 Å². The molecular formula is C12H20N2O4S. The Bertz CT molecular complexity index is 565. The summed E-state index contributed by atoms with van der Waals surface area (Å²) in [6.45, 7) is 4.39. The summed E-state index contributed by atoms with van der Waals surface area (Å²) in [6.07, 6.45) is 0.674. The molecule has 0 radical (unpaired) electrons. The highest BCUT2D eigenvalue weighted by Gasteiger charge is 2.36. The Morgan fingerprint density at radius 1 is 1.42 bits per heavy atom. The SMILES string of the molecule is COC1CCN(S(=O)(=O)c2c(C)oc(C)c2CN)C1.